The highest BCUT2D eigenvalue weighted by molar-refractivity contribution is 5.96. The minimum Gasteiger partial charge on any atom is -0.378 e. The monoisotopic (exact) mass is 427 g/mol. The Kier molecular flexibility index (Phi) is 6.55. The molecule has 0 spiro atoms. The third-order valence-corrected chi connectivity index (χ3v) is 5.94. The summed E-state index contributed by atoms with van der Waals surface area (Å²) in [5, 5.41) is 0. The van der Waals surface area contributed by atoms with Gasteiger partial charge in [-0.3, -0.25) is 9.59 Å². The van der Waals surface area contributed by atoms with E-state index in [2.05, 4.69) is 12.1 Å². The standard InChI is InChI=1S/C27H29N3O2/c1-28(2)25-15-13-24(14-16-25)27(32)30-18-6-17-29(19-20-30)26(31)23-11-9-22(10-12-23)21-7-4-3-5-8-21/h3-5,7-16H,6,17-20H2,1-2H3. The Morgan fingerprint density at radius 2 is 1.09 bits per heavy atom. The molecule has 2 amide bonds. The molecule has 1 saturated heterocycles. The van der Waals surface area contributed by atoms with Crippen LogP contribution in [0.25, 0.3) is 11.1 Å². The van der Waals surface area contributed by atoms with Gasteiger partial charge in [0.25, 0.3) is 11.8 Å². The lowest BCUT2D eigenvalue weighted by atomic mass is 10.0. The minimum absolute atomic E-state index is 0.0225. The Bertz CT molecular complexity index is 1060. The van der Waals surface area contributed by atoms with Crippen molar-refractivity contribution in [2.24, 2.45) is 0 Å². The van der Waals surface area contributed by atoms with Crippen LogP contribution in [0.5, 0.6) is 0 Å². The van der Waals surface area contributed by atoms with Gasteiger partial charge in [-0.25, -0.2) is 0 Å². The normalized spacial score (nSPS) is 14.1. The highest BCUT2D eigenvalue weighted by Gasteiger charge is 2.23. The summed E-state index contributed by atoms with van der Waals surface area (Å²) in [6.45, 7) is 2.40. The molecule has 0 atom stereocenters. The van der Waals surface area contributed by atoms with Crippen LogP contribution in [0, 0.1) is 0 Å². The molecule has 0 radical (unpaired) electrons. The number of carbonyl (C=O) groups excluding carboxylic acids is 2. The summed E-state index contributed by atoms with van der Waals surface area (Å²) in [5.74, 6) is 0.0473. The lowest BCUT2D eigenvalue weighted by molar-refractivity contribution is 0.0719. The topological polar surface area (TPSA) is 43.9 Å². The first-order valence-corrected chi connectivity index (χ1v) is 11.0. The molecule has 3 aromatic carbocycles. The zero-order valence-electron chi connectivity index (χ0n) is 18.7. The van der Waals surface area contributed by atoms with E-state index in [4.69, 9.17) is 0 Å². The largest absolute Gasteiger partial charge is 0.378 e. The second kappa shape index (κ2) is 9.69. The van der Waals surface area contributed by atoms with Crippen LogP contribution < -0.4 is 4.90 Å². The van der Waals surface area contributed by atoms with Gasteiger partial charge >= 0.3 is 0 Å². The second-order valence-electron chi connectivity index (χ2n) is 8.32. The maximum Gasteiger partial charge on any atom is 0.253 e. The number of benzene rings is 3. The van der Waals surface area contributed by atoms with E-state index >= 15 is 0 Å². The van der Waals surface area contributed by atoms with Crippen LogP contribution in [-0.4, -0.2) is 61.9 Å². The van der Waals surface area contributed by atoms with Crippen molar-refractivity contribution >= 4 is 17.5 Å². The lowest BCUT2D eigenvalue weighted by Gasteiger charge is -2.23. The third-order valence-electron chi connectivity index (χ3n) is 5.94. The van der Waals surface area contributed by atoms with Crippen molar-refractivity contribution < 1.29 is 9.59 Å². The molecule has 1 aliphatic heterocycles. The van der Waals surface area contributed by atoms with Gasteiger partial charge < -0.3 is 14.7 Å². The maximum atomic E-state index is 13.1. The molecule has 0 saturated carbocycles. The Balaban J connectivity index is 1.39. The molecule has 1 heterocycles. The van der Waals surface area contributed by atoms with Crippen molar-refractivity contribution in [3.8, 4) is 11.1 Å². The van der Waals surface area contributed by atoms with Crippen molar-refractivity contribution in [3.63, 3.8) is 0 Å². The van der Waals surface area contributed by atoms with Gasteiger partial charge in [0.15, 0.2) is 0 Å². The molecule has 3 aromatic rings. The molecule has 1 aliphatic rings. The average molecular weight is 428 g/mol. The molecule has 164 valence electrons. The van der Waals surface area contributed by atoms with E-state index in [1.165, 1.54) is 0 Å². The van der Waals surface area contributed by atoms with Gasteiger partial charge in [-0.2, -0.15) is 0 Å². The van der Waals surface area contributed by atoms with E-state index in [0.29, 0.717) is 37.3 Å². The van der Waals surface area contributed by atoms with Crippen molar-refractivity contribution in [1.29, 1.82) is 0 Å². The summed E-state index contributed by atoms with van der Waals surface area (Å²) in [6.07, 6.45) is 0.773. The van der Waals surface area contributed by atoms with Gasteiger partial charge in [0.2, 0.25) is 0 Å². The van der Waals surface area contributed by atoms with E-state index in [9.17, 15) is 9.59 Å². The summed E-state index contributed by atoms with van der Waals surface area (Å²) in [7, 11) is 3.96. The summed E-state index contributed by atoms with van der Waals surface area (Å²) in [6, 6.07) is 25.6. The molecule has 5 heteroatoms. The number of anilines is 1. The number of hydrogen-bond donors (Lipinski definition) is 0. The third kappa shape index (κ3) is 4.83. The van der Waals surface area contributed by atoms with Crippen molar-refractivity contribution in [3.05, 3.63) is 90.0 Å². The van der Waals surface area contributed by atoms with E-state index in [1.807, 2.05) is 95.5 Å². The molecule has 5 nitrogen and oxygen atoms in total. The Hall–Kier alpha value is -3.60. The number of nitrogens with zero attached hydrogens (tertiary/aromatic N) is 3. The first-order valence-electron chi connectivity index (χ1n) is 11.0. The van der Waals surface area contributed by atoms with Gasteiger partial charge in [-0.1, -0.05) is 42.5 Å². The molecule has 0 unspecified atom stereocenters. The van der Waals surface area contributed by atoms with Gasteiger partial charge in [0, 0.05) is 57.1 Å². The van der Waals surface area contributed by atoms with Crippen LogP contribution in [0.4, 0.5) is 5.69 Å². The summed E-state index contributed by atoms with van der Waals surface area (Å²) in [5.41, 5.74) is 4.66. The minimum atomic E-state index is 0.0225. The number of carbonyl (C=O) groups is 2. The molecular formula is C27H29N3O2. The molecule has 32 heavy (non-hydrogen) atoms. The van der Waals surface area contributed by atoms with E-state index in [0.717, 1.165) is 23.2 Å². The Labute approximate surface area is 189 Å². The quantitative estimate of drug-likeness (QED) is 0.620. The van der Waals surface area contributed by atoms with Crippen LogP contribution >= 0.6 is 0 Å². The van der Waals surface area contributed by atoms with Gasteiger partial charge in [0.1, 0.15) is 0 Å². The number of rotatable bonds is 4. The van der Waals surface area contributed by atoms with Crippen LogP contribution in [0.3, 0.4) is 0 Å². The molecule has 0 bridgehead atoms. The fourth-order valence-electron chi connectivity index (χ4n) is 4.03. The predicted molar refractivity (Wildman–Crippen MR) is 129 cm³/mol. The molecule has 4 rings (SSSR count). The summed E-state index contributed by atoms with van der Waals surface area (Å²) < 4.78 is 0. The van der Waals surface area contributed by atoms with Gasteiger partial charge in [-0.15, -0.1) is 0 Å². The predicted octanol–water partition coefficient (Wildman–Crippen LogP) is 4.41. The molecule has 0 aromatic heterocycles. The fraction of sp³-hybridized carbons (Fsp3) is 0.259. The first-order chi connectivity index (χ1) is 15.5. The van der Waals surface area contributed by atoms with Crippen LogP contribution in [0.2, 0.25) is 0 Å². The van der Waals surface area contributed by atoms with E-state index < -0.39 is 0 Å². The van der Waals surface area contributed by atoms with E-state index in [-0.39, 0.29) is 11.8 Å². The summed E-state index contributed by atoms with van der Waals surface area (Å²) in [4.78, 5) is 31.8. The molecular weight excluding hydrogens is 398 g/mol. The number of hydrogen-bond acceptors (Lipinski definition) is 3. The Morgan fingerprint density at radius 3 is 1.59 bits per heavy atom. The Morgan fingerprint density at radius 1 is 0.625 bits per heavy atom. The maximum absolute atomic E-state index is 13.1. The SMILES string of the molecule is CN(C)c1ccc(C(=O)N2CCCN(C(=O)c3ccc(-c4ccccc4)cc3)CC2)cc1. The highest BCUT2D eigenvalue weighted by atomic mass is 16.2. The molecule has 1 fully saturated rings. The fourth-order valence-corrected chi connectivity index (χ4v) is 4.03. The molecule has 0 N–H and O–H groups in total. The van der Waals surface area contributed by atoms with Gasteiger partial charge in [0.05, 0.1) is 0 Å². The van der Waals surface area contributed by atoms with Gasteiger partial charge in [-0.05, 0) is 53.9 Å². The lowest BCUT2D eigenvalue weighted by Crippen LogP contribution is -2.37. The van der Waals surface area contributed by atoms with Crippen molar-refractivity contribution in [2.45, 2.75) is 6.42 Å². The smallest absolute Gasteiger partial charge is 0.253 e. The second-order valence-corrected chi connectivity index (χ2v) is 8.32. The highest BCUT2D eigenvalue weighted by Crippen LogP contribution is 2.20. The van der Waals surface area contributed by atoms with Crippen LogP contribution in [-0.2, 0) is 0 Å². The first kappa shape index (κ1) is 21.6. The molecule has 0 aliphatic carbocycles. The van der Waals surface area contributed by atoms with Crippen LogP contribution in [0.15, 0.2) is 78.9 Å². The zero-order chi connectivity index (χ0) is 22.5. The van der Waals surface area contributed by atoms with Crippen molar-refractivity contribution in [2.75, 3.05) is 45.2 Å². The van der Waals surface area contributed by atoms with Crippen LogP contribution in [0.1, 0.15) is 27.1 Å². The van der Waals surface area contributed by atoms with E-state index in [1.54, 1.807) is 0 Å². The number of amides is 2. The zero-order valence-corrected chi connectivity index (χ0v) is 18.7. The van der Waals surface area contributed by atoms with Crippen molar-refractivity contribution in [1.82, 2.24) is 9.80 Å². The average Bonchev–Trinajstić information content (AvgIpc) is 3.10. The summed E-state index contributed by atoms with van der Waals surface area (Å²) >= 11 is 0.